The first-order chi connectivity index (χ1) is 8.49. The van der Waals surface area contributed by atoms with Crippen LogP contribution in [0.5, 0.6) is 0 Å². The summed E-state index contributed by atoms with van der Waals surface area (Å²) in [5.74, 6) is -1.36. The molecule has 0 aliphatic heterocycles. The van der Waals surface area contributed by atoms with Gasteiger partial charge in [0.2, 0.25) is 0 Å². The molecular weight excluding hydrogens is 260 g/mol. The Bertz CT molecular complexity index is 515. The fourth-order valence-electron chi connectivity index (χ4n) is 1.35. The van der Waals surface area contributed by atoms with Crippen molar-refractivity contribution in [3.63, 3.8) is 0 Å². The molecular formula is C7H10N8O2S. The summed E-state index contributed by atoms with van der Waals surface area (Å²) in [4.78, 5) is 10.8. The second kappa shape index (κ2) is 4.37. The second-order valence-corrected chi connectivity index (χ2v) is 6.31. The van der Waals surface area contributed by atoms with Gasteiger partial charge >= 0.3 is 5.97 Å². The van der Waals surface area contributed by atoms with E-state index in [0.717, 1.165) is 0 Å². The minimum absolute atomic E-state index is 0.286. The van der Waals surface area contributed by atoms with Crippen LogP contribution in [0.15, 0.2) is 47.2 Å². The standard InChI is InChI=1S/C7H10N8O2S/c8-12-18(13-9,14-10,15-11)6-4-2-1-3-5(6)7(16)17/h1-4,8-11,18H,(H,16,17). The van der Waals surface area contributed by atoms with Gasteiger partial charge in [0, 0.05) is 0 Å². The van der Waals surface area contributed by atoms with Gasteiger partial charge in [-0.2, -0.15) is 22.1 Å². The smallest absolute Gasteiger partial charge is 0.336 e. The first kappa shape index (κ1) is 13.5. The molecule has 0 aliphatic rings. The van der Waals surface area contributed by atoms with Gasteiger partial charge in [-0.05, 0) is 12.1 Å². The number of aromatic carboxylic acids is 1. The Hall–Kier alpha value is -2.56. The van der Waals surface area contributed by atoms with Crippen molar-refractivity contribution in [1.29, 1.82) is 22.1 Å². The zero-order valence-corrected chi connectivity index (χ0v) is 9.80. The van der Waals surface area contributed by atoms with Gasteiger partial charge in [-0.1, -0.05) is 12.1 Å². The highest BCUT2D eigenvalue weighted by atomic mass is 32.3. The summed E-state index contributed by atoms with van der Waals surface area (Å²) >= 11 is 0. The molecule has 0 aliphatic carbocycles. The van der Waals surface area contributed by atoms with E-state index in [1.807, 2.05) is 0 Å². The van der Waals surface area contributed by atoms with Crippen LogP contribution < -0.4 is 0 Å². The molecule has 0 heterocycles. The Morgan fingerprint density at radius 1 is 1.00 bits per heavy atom. The maximum absolute atomic E-state index is 11.1. The predicted molar refractivity (Wildman–Crippen MR) is 61.2 cm³/mol. The number of carboxylic acid groups (broad SMARTS) is 1. The van der Waals surface area contributed by atoms with E-state index in [4.69, 9.17) is 27.2 Å². The molecule has 0 aromatic heterocycles. The maximum Gasteiger partial charge on any atom is 0.336 e. The number of hydrogen-bond acceptors (Lipinski definition) is 9. The number of rotatable bonds is 6. The lowest BCUT2D eigenvalue weighted by atomic mass is 10.2. The normalized spacial score (nSPS) is 12.8. The zero-order valence-electron chi connectivity index (χ0n) is 8.90. The van der Waals surface area contributed by atoms with Crippen molar-refractivity contribution in [3.8, 4) is 0 Å². The molecule has 0 fully saturated rings. The van der Waals surface area contributed by atoms with Crippen molar-refractivity contribution in [3.05, 3.63) is 29.8 Å². The summed E-state index contributed by atoms with van der Waals surface area (Å²) in [5.41, 5.74) is 28.0. The first-order valence-electron chi connectivity index (χ1n) is 4.42. The van der Waals surface area contributed by atoms with Crippen molar-refractivity contribution >= 4 is 15.9 Å². The number of thiol groups is 1. The van der Waals surface area contributed by atoms with E-state index in [2.05, 4.69) is 18.1 Å². The number of hydrogen-bond donors (Lipinski definition) is 6. The number of nitrogens with zero attached hydrogens (tertiary/aromatic N) is 4. The van der Waals surface area contributed by atoms with Gasteiger partial charge in [0.25, 0.3) is 0 Å². The van der Waals surface area contributed by atoms with Crippen molar-refractivity contribution in [1.82, 2.24) is 0 Å². The molecule has 10 nitrogen and oxygen atoms in total. The molecule has 0 radical (unpaired) electrons. The van der Waals surface area contributed by atoms with E-state index in [1.54, 1.807) is 0 Å². The fraction of sp³-hybridized carbons (Fsp3) is 0. The van der Waals surface area contributed by atoms with Crippen LogP contribution in [-0.4, -0.2) is 11.1 Å². The van der Waals surface area contributed by atoms with Crippen molar-refractivity contribution in [2.24, 2.45) is 18.1 Å². The molecule has 0 atom stereocenters. The van der Waals surface area contributed by atoms with Crippen LogP contribution in [0.25, 0.3) is 0 Å². The average molecular weight is 270 g/mol. The summed E-state index contributed by atoms with van der Waals surface area (Å²) in [6.45, 7) is 0. The van der Waals surface area contributed by atoms with Gasteiger partial charge in [-0.3, -0.25) is 0 Å². The van der Waals surface area contributed by atoms with Gasteiger partial charge in [0.1, 0.15) is 0 Å². The van der Waals surface area contributed by atoms with E-state index in [1.165, 1.54) is 24.3 Å². The lowest BCUT2D eigenvalue weighted by Gasteiger charge is -2.41. The molecule has 11 heteroatoms. The lowest BCUT2D eigenvalue weighted by molar-refractivity contribution is 0.0693. The zero-order chi connectivity index (χ0) is 13.8. The highest BCUT2D eigenvalue weighted by molar-refractivity contribution is 8.45. The summed E-state index contributed by atoms with van der Waals surface area (Å²) in [5, 5.41) is 9.03. The van der Waals surface area contributed by atoms with Gasteiger partial charge in [0.15, 0.2) is 0 Å². The predicted octanol–water partition coefficient (Wildman–Crippen LogP) is 3.60. The Morgan fingerprint density at radius 3 is 1.83 bits per heavy atom. The summed E-state index contributed by atoms with van der Waals surface area (Å²) in [7, 11) is -4.92. The summed E-state index contributed by atoms with van der Waals surface area (Å²) in [6.07, 6.45) is 0. The largest absolute Gasteiger partial charge is 0.478 e. The van der Waals surface area contributed by atoms with Crippen LogP contribution in [-0.2, 0) is 0 Å². The highest BCUT2D eigenvalue weighted by Gasteiger charge is 2.44. The molecule has 1 aromatic rings. The van der Waals surface area contributed by atoms with E-state index in [-0.39, 0.29) is 10.5 Å². The second-order valence-electron chi connectivity index (χ2n) is 3.16. The molecule has 0 saturated heterocycles. The molecule has 5 N–H and O–H groups in total. The Kier molecular flexibility index (Phi) is 3.28. The Balaban J connectivity index is 3.86. The Morgan fingerprint density at radius 2 is 1.44 bits per heavy atom. The van der Waals surface area contributed by atoms with E-state index in [9.17, 15) is 4.79 Å². The van der Waals surface area contributed by atoms with Crippen LogP contribution in [0.3, 0.4) is 0 Å². The minimum Gasteiger partial charge on any atom is -0.478 e. The molecule has 18 heavy (non-hydrogen) atoms. The third-order valence-corrected chi connectivity index (χ3v) is 5.03. The molecule has 0 spiro atoms. The third kappa shape index (κ3) is 1.57. The molecule has 96 valence electrons. The quantitative estimate of drug-likeness (QED) is 0.341. The topological polar surface area (TPSA) is 182 Å². The first-order valence-corrected chi connectivity index (χ1v) is 6.47. The molecule has 1 aromatic carbocycles. The maximum atomic E-state index is 11.1. The van der Waals surface area contributed by atoms with Gasteiger partial charge in [0.05, 0.1) is 20.4 Å². The van der Waals surface area contributed by atoms with Crippen LogP contribution in [0.2, 0.25) is 0 Å². The Labute approximate surface area is 101 Å². The van der Waals surface area contributed by atoms with Gasteiger partial charge in [-0.15, -0.1) is 18.1 Å². The molecule has 0 amide bonds. The number of nitrogens with one attached hydrogen (secondary N) is 4. The van der Waals surface area contributed by atoms with Crippen molar-refractivity contribution < 1.29 is 9.90 Å². The molecule has 1 rings (SSSR count). The minimum atomic E-state index is -4.92. The van der Waals surface area contributed by atoms with Gasteiger partial charge < -0.3 is 5.11 Å². The highest BCUT2D eigenvalue weighted by Crippen LogP contribution is 2.80. The van der Waals surface area contributed by atoms with E-state index < -0.39 is 15.9 Å². The van der Waals surface area contributed by atoms with Gasteiger partial charge in [-0.25, -0.2) is 4.79 Å². The monoisotopic (exact) mass is 270 g/mol. The molecule has 0 saturated carbocycles. The van der Waals surface area contributed by atoms with Crippen molar-refractivity contribution in [2.45, 2.75) is 4.90 Å². The molecule has 0 unspecified atom stereocenters. The number of carboxylic acids is 1. The SMILES string of the molecule is N=N[SH](N=N)(N=N)(N=N)c1ccccc1C(=O)O. The van der Waals surface area contributed by atoms with E-state index >= 15 is 0 Å². The van der Waals surface area contributed by atoms with Crippen molar-refractivity contribution in [2.75, 3.05) is 0 Å². The molecule has 0 bridgehead atoms. The summed E-state index contributed by atoms with van der Waals surface area (Å²) < 4.78 is 11.9. The third-order valence-electron chi connectivity index (χ3n) is 2.30. The van der Waals surface area contributed by atoms with Crippen LogP contribution in [0.1, 0.15) is 10.4 Å². The lowest BCUT2D eigenvalue weighted by Crippen LogP contribution is -2.11. The summed E-state index contributed by atoms with van der Waals surface area (Å²) in [6, 6.07) is 5.22. The van der Waals surface area contributed by atoms with E-state index in [0.29, 0.717) is 0 Å². The average Bonchev–Trinajstić information content (AvgIpc) is 2.43. The van der Waals surface area contributed by atoms with Crippen LogP contribution in [0.4, 0.5) is 0 Å². The number of benzene rings is 1. The number of carbonyl (C=O) groups is 1. The van der Waals surface area contributed by atoms with Crippen LogP contribution in [0, 0.1) is 22.1 Å². The van der Waals surface area contributed by atoms with Crippen LogP contribution >= 0.6 is 9.91 Å². The fourth-order valence-corrected chi connectivity index (χ4v) is 3.01.